The van der Waals surface area contributed by atoms with E-state index in [0.717, 1.165) is 35.1 Å². The Bertz CT molecular complexity index is 623. The highest BCUT2D eigenvalue weighted by Gasteiger charge is 2.43. The maximum atomic E-state index is 11.7. The first-order valence-corrected chi connectivity index (χ1v) is 6.56. The number of fused-ring (bicyclic) bond motifs is 1. The highest BCUT2D eigenvalue weighted by atomic mass is 16.5. The van der Waals surface area contributed by atoms with Crippen LogP contribution in [0.5, 0.6) is 5.75 Å². The average Bonchev–Trinajstić information content (AvgIpc) is 3.06. The van der Waals surface area contributed by atoms with Gasteiger partial charge in [-0.15, -0.1) is 0 Å². The third-order valence-corrected chi connectivity index (χ3v) is 4.27. The molecule has 0 unspecified atom stereocenters. The van der Waals surface area contributed by atoms with E-state index in [1.165, 1.54) is 0 Å². The second-order valence-corrected chi connectivity index (χ2v) is 5.21. The Morgan fingerprint density at radius 1 is 1.37 bits per heavy atom. The number of ether oxygens (including phenoxy) is 1. The molecule has 1 heterocycles. The Morgan fingerprint density at radius 3 is 2.74 bits per heavy atom. The fourth-order valence-corrected chi connectivity index (χ4v) is 3.18. The first-order valence-electron chi connectivity index (χ1n) is 6.56. The smallest absolute Gasteiger partial charge is 0.314 e. The summed E-state index contributed by atoms with van der Waals surface area (Å²) < 4.78 is 5.40. The van der Waals surface area contributed by atoms with Crippen LogP contribution in [0.4, 0.5) is 0 Å². The summed E-state index contributed by atoms with van der Waals surface area (Å²) in [5.41, 5.74) is 1.04. The standard InChI is InChI=1S/C15H17NO3/c1-19-13-9-10(8-12-11(13)4-7-16-12)15(14(17)18)5-2-3-6-15/h4,7-9,16H,2-3,5-6H2,1H3,(H,17,18). The molecule has 1 aromatic carbocycles. The van der Waals surface area contributed by atoms with Gasteiger partial charge in [0.25, 0.3) is 0 Å². The molecule has 1 saturated carbocycles. The van der Waals surface area contributed by atoms with Gasteiger partial charge in [-0.2, -0.15) is 0 Å². The van der Waals surface area contributed by atoms with E-state index < -0.39 is 11.4 Å². The minimum absolute atomic E-state index is 0.706. The topological polar surface area (TPSA) is 62.3 Å². The lowest BCUT2D eigenvalue weighted by Gasteiger charge is -2.25. The van der Waals surface area contributed by atoms with Crippen LogP contribution in [0.15, 0.2) is 24.4 Å². The van der Waals surface area contributed by atoms with Gasteiger partial charge < -0.3 is 14.8 Å². The van der Waals surface area contributed by atoms with Gasteiger partial charge >= 0.3 is 5.97 Å². The highest BCUT2D eigenvalue weighted by molar-refractivity contribution is 5.90. The Labute approximate surface area is 111 Å². The molecule has 1 aliphatic carbocycles. The average molecular weight is 259 g/mol. The molecular weight excluding hydrogens is 242 g/mol. The summed E-state index contributed by atoms with van der Waals surface area (Å²) in [4.78, 5) is 14.9. The number of rotatable bonds is 3. The number of H-pyrrole nitrogens is 1. The SMILES string of the molecule is COc1cc(C2(C(=O)O)CCCC2)cc2[nH]ccc12. The molecule has 1 fully saturated rings. The van der Waals surface area contributed by atoms with Crippen molar-refractivity contribution in [3.8, 4) is 5.75 Å². The van der Waals surface area contributed by atoms with Gasteiger partial charge in [-0.05, 0) is 36.6 Å². The molecule has 0 bridgehead atoms. The van der Waals surface area contributed by atoms with Crippen molar-refractivity contribution in [2.24, 2.45) is 0 Å². The minimum Gasteiger partial charge on any atom is -0.496 e. The maximum Gasteiger partial charge on any atom is 0.314 e. The molecular formula is C15H17NO3. The molecule has 0 radical (unpaired) electrons. The second-order valence-electron chi connectivity index (χ2n) is 5.21. The number of carboxylic acid groups (broad SMARTS) is 1. The zero-order valence-electron chi connectivity index (χ0n) is 10.9. The molecule has 2 aromatic rings. The first-order chi connectivity index (χ1) is 9.17. The normalized spacial score (nSPS) is 17.7. The van der Waals surface area contributed by atoms with Gasteiger partial charge in [0.1, 0.15) is 5.75 Å². The number of aromatic nitrogens is 1. The second kappa shape index (κ2) is 4.30. The Hall–Kier alpha value is -1.97. The van der Waals surface area contributed by atoms with E-state index in [1.54, 1.807) is 7.11 Å². The van der Waals surface area contributed by atoms with Crippen molar-refractivity contribution in [2.75, 3.05) is 7.11 Å². The lowest BCUT2D eigenvalue weighted by Crippen LogP contribution is -2.32. The molecule has 0 saturated heterocycles. The number of nitrogens with one attached hydrogen (secondary N) is 1. The van der Waals surface area contributed by atoms with Crippen molar-refractivity contribution in [2.45, 2.75) is 31.1 Å². The van der Waals surface area contributed by atoms with E-state index in [1.807, 2.05) is 24.4 Å². The number of aromatic amines is 1. The molecule has 100 valence electrons. The van der Waals surface area contributed by atoms with Crippen molar-refractivity contribution >= 4 is 16.9 Å². The predicted molar refractivity (Wildman–Crippen MR) is 72.6 cm³/mol. The number of carboxylic acids is 1. The van der Waals surface area contributed by atoms with Crippen LogP contribution in [0.3, 0.4) is 0 Å². The number of hydrogen-bond donors (Lipinski definition) is 2. The van der Waals surface area contributed by atoms with E-state index in [4.69, 9.17) is 4.74 Å². The molecule has 0 aliphatic heterocycles. The zero-order chi connectivity index (χ0) is 13.5. The van der Waals surface area contributed by atoms with Gasteiger partial charge in [0.15, 0.2) is 0 Å². The van der Waals surface area contributed by atoms with Crippen LogP contribution >= 0.6 is 0 Å². The van der Waals surface area contributed by atoms with Crippen molar-refractivity contribution in [3.05, 3.63) is 30.0 Å². The minimum atomic E-state index is -0.743. The van der Waals surface area contributed by atoms with E-state index in [2.05, 4.69) is 4.98 Å². The summed E-state index contributed by atoms with van der Waals surface area (Å²) in [5, 5.41) is 10.6. The third kappa shape index (κ3) is 1.70. The van der Waals surface area contributed by atoms with Gasteiger partial charge in [-0.3, -0.25) is 4.79 Å². The van der Waals surface area contributed by atoms with E-state index in [-0.39, 0.29) is 0 Å². The van der Waals surface area contributed by atoms with Gasteiger partial charge in [-0.25, -0.2) is 0 Å². The fourth-order valence-electron chi connectivity index (χ4n) is 3.18. The number of methoxy groups -OCH3 is 1. The monoisotopic (exact) mass is 259 g/mol. The van der Waals surface area contributed by atoms with Crippen LogP contribution in [0.1, 0.15) is 31.2 Å². The molecule has 3 rings (SSSR count). The molecule has 1 aliphatic rings. The van der Waals surface area contributed by atoms with Crippen LogP contribution in [-0.4, -0.2) is 23.2 Å². The van der Waals surface area contributed by atoms with Crippen molar-refractivity contribution in [1.29, 1.82) is 0 Å². The van der Waals surface area contributed by atoms with Crippen molar-refractivity contribution < 1.29 is 14.6 Å². The molecule has 0 amide bonds. The third-order valence-electron chi connectivity index (χ3n) is 4.27. The maximum absolute atomic E-state index is 11.7. The molecule has 2 N–H and O–H groups in total. The first kappa shape index (κ1) is 12.1. The summed E-state index contributed by atoms with van der Waals surface area (Å²) in [5.74, 6) is 0.0132. The number of hydrogen-bond acceptors (Lipinski definition) is 2. The van der Waals surface area contributed by atoms with Crippen LogP contribution in [0.2, 0.25) is 0 Å². The van der Waals surface area contributed by atoms with Crippen LogP contribution < -0.4 is 4.74 Å². The lowest BCUT2D eigenvalue weighted by molar-refractivity contribution is -0.143. The van der Waals surface area contributed by atoms with E-state index in [9.17, 15) is 9.90 Å². The summed E-state index contributed by atoms with van der Waals surface area (Å²) in [6.07, 6.45) is 5.20. The Kier molecular flexibility index (Phi) is 2.73. The molecule has 19 heavy (non-hydrogen) atoms. The van der Waals surface area contributed by atoms with Gasteiger partial charge in [0.2, 0.25) is 0 Å². The molecule has 4 heteroatoms. The van der Waals surface area contributed by atoms with E-state index >= 15 is 0 Å². The fraction of sp³-hybridized carbons (Fsp3) is 0.400. The van der Waals surface area contributed by atoms with Gasteiger partial charge in [0, 0.05) is 17.1 Å². The largest absolute Gasteiger partial charge is 0.496 e. The Morgan fingerprint density at radius 2 is 2.11 bits per heavy atom. The van der Waals surface area contributed by atoms with E-state index in [0.29, 0.717) is 12.8 Å². The summed E-state index contributed by atoms with van der Waals surface area (Å²) in [6, 6.07) is 5.78. The van der Waals surface area contributed by atoms with Gasteiger partial charge in [-0.1, -0.05) is 12.8 Å². The lowest BCUT2D eigenvalue weighted by atomic mass is 9.78. The van der Waals surface area contributed by atoms with Crippen LogP contribution in [0, 0.1) is 0 Å². The van der Waals surface area contributed by atoms with Crippen molar-refractivity contribution in [1.82, 2.24) is 4.98 Å². The molecule has 1 aromatic heterocycles. The Balaban J connectivity index is 2.21. The molecule has 4 nitrogen and oxygen atoms in total. The van der Waals surface area contributed by atoms with Crippen LogP contribution in [0.25, 0.3) is 10.9 Å². The predicted octanol–water partition coefficient (Wildman–Crippen LogP) is 3.07. The summed E-state index contributed by atoms with van der Waals surface area (Å²) in [7, 11) is 1.62. The number of aliphatic carboxylic acids is 1. The van der Waals surface area contributed by atoms with Crippen LogP contribution in [-0.2, 0) is 10.2 Å². The molecule has 0 atom stereocenters. The summed E-state index contributed by atoms with van der Waals surface area (Å²) >= 11 is 0. The number of benzene rings is 1. The van der Waals surface area contributed by atoms with Crippen molar-refractivity contribution in [3.63, 3.8) is 0 Å². The highest BCUT2D eigenvalue weighted by Crippen LogP contribution is 2.43. The molecule has 0 spiro atoms. The quantitative estimate of drug-likeness (QED) is 0.890. The number of carbonyl (C=O) groups is 1. The summed E-state index contributed by atoms with van der Waals surface area (Å²) in [6.45, 7) is 0. The zero-order valence-corrected chi connectivity index (χ0v) is 10.9. The van der Waals surface area contributed by atoms with Gasteiger partial charge in [0.05, 0.1) is 12.5 Å².